The Morgan fingerprint density at radius 3 is 2.91 bits per heavy atom. The van der Waals surface area contributed by atoms with Crippen molar-refractivity contribution < 1.29 is 9.53 Å². The fraction of sp³-hybridized carbons (Fsp3) is 0.333. The van der Waals surface area contributed by atoms with E-state index < -0.39 is 0 Å². The van der Waals surface area contributed by atoms with Crippen LogP contribution in [0.2, 0.25) is 0 Å². The number of amides is 1. The molecule has 1 unspecified atom stereocenters. The van der Waals surface area contributed by atoms with Crippen LogP contribution in [0.5, 0.6) is 0 Å². The Hall–Kier alpha value is -2.36. The lowest BCUT2D eigenvalue weighted by atomic mass is 10.1. The molecule has 1 fully saturated rings. The standard InChI is InChI=1S/C18H20N2O2/c1-14-12-16(9-10-19-14)17-8-5-11-20(17)18(21)22-13-15-6-3-2-4-7-15/h2-4,6-7,9-10,12,17H,5,8,11,13H2,1H3. The van der Waals surface area contributed by atoms with Gasteiger partial charge in [-0.15, -0.1) is 0 Å². The van der Waals surface area contributed by atoms with Gasteiger partial charge in [0, 0.05) is 18.4 Å². The van der Waals surface area contributed by atoms with Crippen LogP contribution in [0.4, 0.5) is 4.79 Å². The van der Waals surface area contributed by atoms with Crippen molar-refractivity contribution >= 4 is 6.09 Å². The molecule has 1 aromatic carbocycles. The number of carbonyl (C=O) groups is 1. The largest absolute Gasteiger partial charge is 0.445 e. The molecule has 1 aromatic heterocycles. The van der Waals surface area contributed by atoms with E-state index in [1.54, 1.807) is 6.20 Å². The van der Waals surface area contributed by atoms with E-state index in [2.05, 4.69) is 4.98 Å². The van der Waals surface area contributed by atoms with Crippen LogP contribution in [0.1, 0.15) is 35.7 Å². The van der Waals surface area contributed by atoms with Gasteiger partial charge in [0.05, 0.1) is 6.04 Å². The topological polar surface area (TPSA) is 42.4 Å². The Balaban J connectivity index is 1.66. The van der Waals surface area contributed by atoms with Crippen molar-refractivity contribution in [3.05, 3.63) is 65.5 Å². The van der Waals surface area contributed by atoms with Crippen LogP contribution in [-0.2, 0) is 11.3 Å². The van der Waals surface area contributed by atoms with Gasteiger partial charge in [0.15, 0.2) is 0 Å². The summed E-state index contributed by atoms with van der Waals surface area (Å²) < 4.78 is 5.47. The van der Waals surface area contributed by atoms with Crippen LogP contribution >= 0.6 is 0 Å². The molecule has 1 saturated heterocycles. The fourth-order valence-corrected chi connectivity index (χ4v) is 2.91. The van der Waals surface area contributed by atoms with Gasteiger partial charge in [0.1, 0.15) is 6.61 Å². The number of pyridine rings is 1. The van der Waals surface area contributed by atoms with Gasteiger partial charge < -0.3 is 9.64 Å². The summed E-state index contributed by atoms with van der Waals surface area (Å²) in [7, 11) is 0. The molecule has 4 heteroatoms. The molecule has 1 aliphatic heterocycles. The first-order chi connectivity index (χ1) is 10.7. The van der Waals surface area contributed by atoms with Crippen molar-refractivity contribution in [1.82, 2.24) is 9.88 Å². The average molecular weight is 296 g/mol. The Kier molecular flexibility index (Phi) is 4.37. The number of nitrogens with zero attached hydrogens (tertiary/aromatic N) is 2. The van der Waals surface area contributed by atoms with Crippen molar-refractivity contribution in [1.29, 1.82) is 0 Å². The van der Waals surface area contributed by atoms with Crippen LogP contribution < -0.4 is 0 Å². The highest BCUT2D eigenvalue weighted by Crippen LogP contribution is 2.32. The van der Waals surface area contributed by atoms with Gasteiger partial charge in [-0.3, -0.25) is 4.98 Å². The first kappa shape index (κ1) is 14.6. The number of benzene rings is 1. The van der Waals surface area contributed by atoms with E-state index in [0.717, 1.165) is 36.2 Å². The van der Waals surface area contributed by atoms with E-state index >= 15 is 0 Å². The first-order valence-electron chi connectivity index (χ1n) is 7.64. The summed E-state index contributed by atoms with van der Waals surface area (Å²) in [5, 5.41) is 0. The Labute approximate surface area is 130 Å². The van der Waals surface area contributed by atoms with Crippen LogP contribution in [0.15, 0.2) is 48.7 Å². The van der Waals surface area contributed by atoms with Crippen molar-refractivity contribution in [2.24, 2.45) is 0 Å². The fourth-order valence-electron chi connectivity index (χ4n) is 2.91. The zero-order valence-electron chi connectivity index (χ0n) is 12.7. The predicted octanol–water partition coefficient (Wildman–Crippen LogP) is 3.86. The highest BCUT2D eigenvalue weighted by Gasteiger charge is 2.31. The van der Waals surface area contributed by atoms with Gasteiger partial charge in [-0.1, -0.05) is 30.3 Å². The number of ether oxygens (including phenoxy) is 1. The summed E-state index contributed by atoms with van der Waals surface area (Å²) in [5.41, 5.74) is 3.12. The molecule has 0 aliphatic carbocycles. The molecule has 0 N–H and O–H groups in total. The third kappa shape index (κ3) is 3.27. The molecule has 0 saturated carbocycles. The molecule has 4 nitrogen and oxygen atoms in total. The van der Waals surface area contributed by atoms with Gasteiger partial charge in [-0.05, 0) is 43.0 Å². The number of rotatable bonds is 3. The second kappa shape index (κ2) is 6.60. The van der Waals surface area contributed by atoms with Crippen molar-refractivity contribution in [2.45, 2.75) is 32.4 Å². The number of aromatic nitrogens is 1. The zero-order valence-corrected chi connectivity index (χ0v) is 12.7. The Morgan fingerprint density at radius 1 is 1.32 bits per heavy atom. The molecule has 2 heterocycles. The van der Waals surface area contributed by atoms with Gasteiger partial charge in [-0.2, -0.15) is 0 Å². The highest BCUT2D eigenvalue weighted by molar-refractivity contribution is 5.68. The maximum atomic E-state index is 12.4. The molecule has 1 amide bonds. The summed E-state index contributed by atoms with van der Waals surface area (Å²) in [6, 6.07) is 13.9. The average Bonchev–Trinajstić information content (AvgIpc) is 3.03. The van der Waals surface area contributed by atoms with Crippen LogP contribution in [0.3, 0.4) is 0 Å². The lowest BCUT2D eigenvalue weighted by Crippen LogP contribution is -2.31. The van der Waals surface area contributed by atoms with Crippen molar-refractivity contribution in [3.63, 3.8) is 0 Å². The SMILES string of the molecule is Cc1cc(C2CCCN2C(=O)OCc2ccccc2)ccn1. The molecule has 114 valence electrons. The summed E-state index contributed by atoms with van der Waals surface area (Å²) >= 11 is 0. The molecular formula is C18H20N2O2. The lowest BCUT2D eigenvalue weighted by molar-refractivity contribution is 0.0920. The highest BCUT2D eigenvalue weighted by atomic mass is 16.6. The third-order valence-corrected chi connectivity index (χ3v) is 4.00. The number of aryl methyl sites for hydroxylation is 1. The quantitative estimate of drug-likeness (QED) is 0.863. The lowest BCUT2D eigenvalue weighted by Gasteiger charge is -2.24. The summed E-state index contributed by atoms with van der Waals surface area (Å²) in [4.78, 5) is 18.4. The number of hydrogen-bond donors (Lipinski definition) is 0. The van der Waals surface area contributed by atoms with E-state index in [4.69, 9.17) is 4.74 Å². The second-order valence-corrected chi connectivity index (χ2v) is 5.62. The molecule has 22 heavy (non-hydrogen) atoms. The van der Waals surface area contributed by atoms with E-state index in [0.29, 0.717) is 6.61 Å². The predicted molar refractivity (Wildman–Crippen MR) is 84.3 cm³/mol. The number of hydrogen-bond acceptors (Lipinski definition) is 3. The first-order valence-corrected chi connectivity index (χ1v) is 7.64. The maximum absolute atomic E-state index is 12.4. The molecule has 3 rings (SSSR count). The van der Waals surface area contributed by atoms with Gasteiger partial charge >= 0.3 is 6.09 Å². The number of likely N-dealkylation sites (tertiary alicyclic amines) is 1. The molecule has 0 radical (unpaired) electrons. The van der Waals surface area contributed by atoms with E-state index in [1.807, 2.05) is 54.3 Å². The molecule has 1 aliphatic rings. The van der Waals surface area contributed by atoms with Crippen LogP contribution in [-0.4, -0.2) is 22.5 Å². The second-order valence-electron chi connectivity index (χ2n) is 5.62. The summed E-state index contributed by atoms with van der Waals surface area (Å²) in [6.45, 7) is 3.04. The van der Waals surface area contributed by atoms with Crippen molar-refractivity contribution in [2.75, 3.05) is 6.54 Å². The molecule has 2 aromatic rings. The minimum atomic E-state index is -0.235. The smallest absolute Gasteiger partial charge is 0.410 e. The third-order valence-electron chi connectivity index (χ3n) is 4.00. The molecule has 0 spiro atoms. The Morgan fingerprint density at radius 2 is 2.14 bits per heavy atom. The molecular weight excluding hydrogens is 276 g/mol. The van der Waals surface area contributed by atoms with Crippen LogP contribution in [0.25, 0.3) is 0 Å². The van der Waals surface area contributed by atoms with Gasteiger partial charge in [0.25, 0.3) is 0 Å². The molecule has 0 bridgehead atoms. The van der Waals surface area contributed by atoms with E-state index in [1.165, 1.54) is 0 Å². The summed E-state index contributed by atoms with van der Waals surface area (Å²) in [6.07, 6.45) is 3.55. The molecule has 1 atom stereocenters. The van der Waals surface area contributed by atoms with Crippen molar-refractivity contribution in [3.8, 4) is 0 Å². The van der Waals surface area contributed by atoms with Gasteiger partial charge in [-0.25, -0.2) is 4.79 Å². The monoisotopic (exact) mass is 296 g/mol. The number of carbonyl (C=O) groups excluding carboxylic acids is 1. The van der Waals surface area contributed by atoms with Gasteiger partial charge in [0.2, 0.25) is 0 Å². The van der Waals surface area contributed by atoms with E-state index in [9.17, 15) is 4.79 Å². The summed E-state index contributed by atoms with van der Waals surface area (Å²) in [5.74, 6) is 0. The minimum Gasteiger partial charge on any atom is -0.445 e. The maximum Gasteiger partial charge on any atom is 0.410 e. The minimum absolute atomic E-state index is 0.102. The zero-order chi connectivity index (χ0) is 15.4. The van der Waals surface area contributed by atoms with Crippen LogP contribution in [0, 0.1) is 6.92 Å². The van der Waals surface area contributed by atoms with E-state index in [-0.39, 0.29) is 12.1 Å². The normalized spacial score (nSPS) is 17.5. The Bertz CT molecular complexity index is 643.